The van der Waals surface area contributed by atoms with Crippen LogP contribution in [0.5, 0.6) is 0 Å². The second-order valence-electron chi connectivity index (χ2n) is 7.73. The van der Waals surface area contributed by atoms with E-state index in [0.717, 1.165) is 41.7 Å². The highest BCUT2D eigenvalue weighted by molar-refractivity contribution is 9.10. The van der Waals surface area contributed by atoms with Crippen molar-refractivity contribution in [3.05, 3.63) is 82.9 Å². The first-order chi connectivity index (χ1) is 15.2. The van der Waals surface area contributed by atoms with E-state index in [1.807, 2.05) is 41.2 Å². The third kappa shape index (κ3) is 4.31. The van der Waals surface area contributed by atoms with Gasteiger partial charge in [0.1, 0.15) is 11.5 Å². The minimum Gasteiger partial charge on any atom is -0.428 e. The van der Waals surface area contributed by atoms with Crippen LogP contribution < -0.4 is 0 Å². The zero-order valence-corrected chi connectivity index (χ0v) is 18.4. The summed E-state index contributed by atoms with van der Waals surface area (Å²) >= 11 is 3.52. The molecule has 0 bridgehead atoms. The summed E-state index contributed by atoms with van der Waals surface area (Å²) < 4.78 is 22.8. The molecule has 0 radical (unpaired) electrons. The van der Waals surface area contributed by atoms with Crippen molar-refractivity contribution in [3.8, 4) is 16.9 Å². The van der Waals surface area contributed by atoms with Crippen LogP contribution in [-0.4, -0.2) is 38.0 Å². The Morgan fingerprint density at radius 1 is 1.10 bits per heavy atom. The molecule has 1 aliphatic rings. The van der Waals surface area contributed by atoms with Crippen molar-refractivity contribution in [2.45, 2.75) is 25.3 Å². The van der Waals surface area contributed by atoms with Gasteiger partial charge in [-0.2, -0.15) is 5.10 Å². The molecule has 1 aliphatic heterocycles. The molecule has 4 aromatic rings. The highest BCUT2D eigenvalue weighted by atomic mass is 79.9. The number of halogens is 2. The summed E-state index contributed by atoms with van der Waals surface area (Å²) in [6.45, 7) is 2.52. The Balaban J connectivity index is 1.42. The number of aromatic nitrogens is 4. The lowest BCUT2D eigenvalue weighted by Crippen LogP contribution is -2.32. The van der Waals surface area contributed by atoms with E-state index < -0.39 is 0 Å². The van der Waals surface area contributed by atoms with Gasteiger partial charge in [0, 0.05) is 34.3 Å². The van der Waals surface area contributed by atoms with E-state index in [0.29, 0.717) is 29.6 Å². The summed E-state index contributed by atoms with van der Waals surface area (Å²) in [5, 5.41) is 12.6. The van der Waals surface area contributed by atoms with Gasteiger partial charge < -0.3 is 4.42 Å². The number of nitrogens with zero attached hydrogens (tertiary/aromatic N) is 5. The molecule has 5 rings (SSSR count). The van der Waals surface area contributed by atoms with E-state index >= 15 is 0 Å². The molecule has 1 fully saturated rings. The Morgan fingerprint density at radius 2 is 1.94 bits per heavy atom. The summed E-state index contributed by atoms with van der Waals surface area (Å²) in [6, 6.07) is 14.7. The van der Waals surface area contributed by atoms with Gasteiger partial charge in [-0.05, 0) is 56.3 Å². The average Bonchev–Trinajstić information content (AvgIpc) is 3.45. The maximum atomic E-state index is 14.6. The number of hydrogen-bond donors (Lipinski definition) is 0. The molecule has 3 heterocycles. The Bertz CT molecular complexity index is 1170. The second kappa shape index (κ2) is 8.72. The van der Waals surface area contributed by atoms with Crippen molar-refractivity contribution in [3.63, 3.8) is 0 Å². The summed E-state index contributed by atoms with van der Waals surface area (Å²) in [7, 11) is 0. The van der Waals surface area contributed by atoms with E-state index in [9.17, 15) is 4.39 Å². The average molecular weight is 482 g/mol. The predicted molar refractivity (Wildman–Crippen MR) is 118 cm³/mol. The second-order valence-corrected chi connectivity index (χ2v) is 8.65. The summed E-state index contributed by atoms with van der Waals surface area (Å²) in [5.74, 6) is 0.752. The standard InChI is InChI=1S/C23H21BrFN5O/c24-18-4-3-5-19(12-18)30-14-17(22(28-30)20-6-1-2-7-21(20)25)13-29-10-8-16(9-11-29)23-27-26-15-31-23/h1-7,12,14-16H,8-11,13H2. The molecule has 0 saturated carbocycles. The fraction of sp³-hybridized carbons (Fsp3) is 0.261. The summed E-state index contributed by atoms with van der Waals surface area (Å²) in [5.41, 5.74) is 3.12. The Hall–Kier alpha value is -2.84. The molecule has 0 amide bonds. The minimum atomic E-state index is -0.265. The fourth-order valence-corrected chi connectivity index (χ4v) is 4.48. The molecule has 0 spiro atoms. The molecule has 0 unspecified atom stereocenters. The summed E-state index contributed by atoms with van der Waals surface area (Å²) in [4.78, 5) is 2.37. The van der Waals surface area contributed by atoms with E-state index in [2.05, 4.69) is 31.0 Å². The quantitative estimate of drug-likeness (QED) is 0.391. The number of likely N-dealkylation sites (tertiary alicyclic amines) is 1. The van der Waals surface area contributed by atoms with Crippen molar-refractivity contribution in [1.29, 1.82) is 0 Å². The Kier molecular flexibility index (Phi) is 5.65. The highest BCUT2D eigenvalue weighted by Gasteiger charge is 2.25. The third-order valence-electron chi connectivity index (χ3n) is 5.70. The van der Waals surface area contributed by atoms with Gasteiger partial charge in [-0.3, -0.25) is 4.90 Å². The summed E-state index contributed by atoms with van der Waals surface area (Å²) in [6.07, 6.45) is 5.31. The molecule has 0 atom stereocenters. The maximum Gasteiger partial charge on any atom is 0.219 e. The normalized spacial score (nSPS) is 15.4. The zero-order chi connectivity index (χ0) is 21.2. The van der Waals surface area contributed by atoms with Crippen LogP contribution in [-0.2, 0) is 6.54 Å². The van der Waals surface area contributed by atoms with E-state index in [-0.39, 0.29) is 5.82 Å². The number of piperidine rings is 1. The van der Waals surface area contributed by atoms with Crippen molar-refractivity contribution in [2.75, 3.05) is 13.1 Å². The molecule has 8 heteroatoms. The van der Waals surface area contributed by atoms with Gasteiger partial charge in [-0.1, -0.05) is 34.1 Å². The SMILES string of the molecule is Fc1ccccc1-c1nn(-c2cccc(Br)c2)cc1CN1CCC(c2nnco2)CC1. The Labute approximate surface area is 187 Å². The zero-order valence-electron chi connectivity index (χ0n) is 16.8. The molecule has 158 valence electrons. The highest BCUT2D eigenvalue weighted by Crippen LogP contribution is 2.31. The molecule has 2 aromatic heterocycles. The van der Waals surface area contributed by atoms with Crippen LogP contribution in [0.3, 0.4) is 0 Å². The number of rotatable bonds is 5. The molecule has 0 aliphatic carbocycles. The van der Waals surface area contributed by atoms with Crippen LogP contribution in [0.25, 0.3) is 16.9 Å². The minimum absolute atomic E-state index is 0.265. The number of benzene rings is 2. The lowest BCUT2D eigenvalue weighted by molar-refractivity contribution is 0.193. The molecular weight excluding hydrogens is 461 g/mol. The first-order valence-corrected chi connectivity index (χ1v) is 11.0. The molecular formula is C23H21BrFN5O. The molecule has 2 aromatic carbocycles. The molecule has 31 heavy (non-hydrogen) atoms. The van der Waals surface area contributed by atoms with E-state index in [1.54, 1.807) is 12.1 Å². The van der Waals surface area contributed by atoms with Gasteiger partial charge in [0.2, 0.25) is 12.3 Å². The van der Waals surface area contributed by atoms with Gasteiger partial charge in [0.25, 0.3) is 0 Å². The van der Waals surface area contributed by atoms with Crippen LogP contribution in [0.1, 0.15) is 30.2 Å². The lowest BCUT2D eigenvalue weighted by atomic mass is 9.96. The van der Waals surface area contributed by atoms with Crippen molar-refractivity contribution in [1.82, 2.24) is 24.9 Å². The first kappa shape index (κ1) is 20.1. The van der Waals surface area contributed by atoms with Crippen LogP contribution in [0.2, 0.25) is 0 Å². The largest absolute Gasteiger partial charge is 0.428 e. The van der Waals surface area contributed by atoms with Gasteiger partial charge in [-0.25, -0.2) is 9.07 Å². The lowest BCUT2D eigenvalue weighted by Gasteiger charge is -2.30. The van der Waals surface area contributed by atoms with Crippen molar-refractivity contribution in [2.24, 2.45) is 0 Å². The van der Waals surface area contributed by atoms with Crippen LogP contribution in [0, 0.1) is 5.82 Å². The van der Waals surface area contributed by atoms with Crippen LogP contribution >= 0.6 is 15.9 Å². The van der Waals surface area contributed by atoms with Crippen molar-refractivity contribution >= 4 is 15.9 Å². The molecule has 1 saturated heterocycles. The van der Waals surface area contributed by atoms with Gasteiger partial charge in [-0.15, -0.1) is 10.2 Å². The van der Waals surface area contributed by atoms with Gasteiger partial charge in [0.05, 0.1) is 5.69 Å². The smallest absolute Gasteiger partial charge is 0.219 e. The Morgan fingerprint density at radius 3 is 2.68 bits per heavy atom. The van der Waals surface area contributed by atoms with Crippen LogP contribution in [0.4, 0.5) is 4.39 Å². The van der Waals surface area contributed by atoms with Gasteiger partial charge in [0.15, 0.2) is 0 Å². The predicted octanol–water partition coefficient (Wildman–Crippen LogP) is 5.20. The monoisotopic (exact) mass is 481 g/mol. The molecule has 6 nitrogen and oxygen atoms in total. The molecule has 0 N–H and O–H groups in total. The first-order valence-electron chi connectivity index (χ1n) is 10.2. The topological polar surface area (TPSA) is 60.0 Å². The van der Waals surface area contributed by atoms with Crippen LogP contribution in [0.15, 0.2) is 70.0 Å². The maximum absolute atomic E-state index is 14.6. The van der Waals surface area contributed by atoms with E-state index in [1.165, 1.54) is 12.5 Å². The van der Waals surface area contributed by atoms with Crippen molar-refractivity contribution < 1.29 is 8.81 Å². The van der Waals surface area contributed by atoms with Gasteiger partial charge >= 0.3 is 0 Å². The third-order valence-corrected chi connectivity index (χ3v) is 6.19. The number of hydrogen-bond acceptors (Lipinski definition) is 5. The van der Waals surface area contributed by atoms with E-state index in [4.69, 9.17) is 9.52 Å². The fourth-order valence-electron chi connectivity index (χ4n) is 4.09.